The van der Waals surface area contributed by atoms with Gasteiger partial charge < -0.3 is 15.2 Å². The number of carbonyl (C=O) groups is 1. The van der Waals surface area contributed by atoms with Crippen LogP contribution < -0.4 is 10.1 Å². The number of aliphatic hydroxyl groups is 1. The van der Waals surface area contributed by atoms with Crippen LogP contribution in [0.2, 0.25) is 0 Å². The largest absolute Gasteiger partial charge is 0.494 e. The predicted molar refractivity (Wildman–Crippen MR) is 65.8 cm³/mol. The number of aliphatic hydroxyl groups excluding tert-OH is 1. The average Bonchev–Trinajstić information content (AvgIpc) is 2.35. The lowest BCUT2D eigenvalue weighted by Crippen LogP contribution is -2.33. The Morgan fingerprint density at radius 2 is 2.17 bits per heavy atom. The number of amides is 1. The Morgan fingerprint density at radius 3 is 2.61 bits per heavy atom. The summed E-state index contributed by atoms with van der Waals surface area (Å²) in [6, 6.07) is 3.72. The van der Waals surface area contributed by atoms with E-state index in [1.165, 1.54) is 19.2 Å². The van der Waals surface area contributed by atoms with Crippen molar-refractivity contribution in [1.29, 1.82) is 0 Å². The molecule has 0 bridgehead atoms. The van der Waals surface area contributed by atoms with Crippen molar-refractivity contribution in [3.05, 3.63) is 29.6 Å². The van der Waals surface area contributed by atoms with Crippen molar-refractivity contribution in [3.8, 4) is 5.75 Å². The van der Waals surface area contributed by atoms with Crippen molar-refractivity contribution >= 4 is 5.91 Å². The van der Waals surface area contributed by atoms with Crippen molar-refractivity contribution in [2.24, 2.45) is 5.92 Å². The predicted octanol–water partition coefficient (Wildman–Crippen LogP) is 1.64. The molecule has 18 heavy (non-hydrogen) atoms. The molecule has 0 aromatic heterocycles. The highest BCUT2D eigenvalue weighted by molar-refractivity contribution is 5.78. The number of methoxy groups -OCH3 is 1. The van der Waals surface area contributed by atoms with Gasteiger partial charge in [0, 0.05) is 5.92 Å². The molecule has 0 spiro atoms. The Morgan fingerprint density at radius 1 is 1.50 bits per heavy atom. The van der Waals surface area contributed by atoms with E-state index in [-0.39, 0.29) is 24.2 Å². The maximum atomic E-state index is 13.5. The Labute approximate surface area is 106 Å². The lowest BCUT2D eigenvalue weighted by Gasteiger charge is -2.18. The van der Waals surface area contributed by atoms with E-state index in [0.717, 1.165) is 0 Å². The molecule has 1 aromatic rings. The van der Waals surface area contributed by atoms with Gasteiger partial charge in [0.25, 0.3) is 0 Å². The molecular weight excluding hydrogens is 237 g/mol. The zero-order chi connectivity index (χ0) is 13.7. The third-order valence-corrected chi connectivity index (χ3v) is 2.60. The van der Waals surface area contributed by atoms with Crippen LogP contribution in [0.1, 0.15) is 25.5 Å². The van der Waals surface area contributed by atoms with E-state index in [1.54, 1.807) is 19.9 Å². The molecule has 0 aliphatic carbocycles. The first-order valence-electron chi connectivity index (χ1n) is 5.74. The van der Waals surface area contributed by atoms with E-state index < -0.39 is 11.9 Å². The van der Waals surface area contributed by atoms with E-state index in [0.29, 0.717) is 5.56 Å². The molecule has 1 rings (SSSR count). The fraction of sp³-hybridized carbons (Fsp3) is 0.462. The number of nitrogens with one attached hydrogen (secondary N) is 1. The Kier molecular flexibility index (Phi) is 5.09. The SMILES string of the molecule is COc1ccc(C(CO)NC(=O)C(C)C)cc1F. The molecule has 0 fully saturated rings. The monoisotopic (exact) mass is 255 g/mol. The molecule has 0 heterocycles. The maximum absolute atomic E-state index is 13.5. The van der Waals surface area contributed by atoms with Gasteiger partial charge in [-0.3, -0.25) is 4.79 Å². The Bertz CT molecular complexity index is 421. The van der Waals surface area contributed by atoms with Crippen molar-refractivity contribution < 1.29 is 19.0 Å². The van der Waals surface area contributed by atoms with Crippen molar-refractivity contribution in [2.45, 2.75) is 19.9 Å². The highest BCUT2D eigenvalue weighted by atomic mass is 19.1. The zero-order valence-electron chi connectivity index (χ0n) is 10.7. The Balaban J connectivity index is 2.88. The van der Waals surface area contributed by atoms with E-state index in [4.69, 9.17) is 4.74 Å². The molecule has 4 nitrogen and oxygen atoms in total. The normalized spacial score (nSPS) is 12.3. The lowest BCUT2D eigenvalue weighted by molar-refractivity contribution is -0.125. The van der Waals surface area contributed by atoms with Crippen LogP contribution >= 0.6 is 0 Å². The van der Waals surface area contributed by atoms with Gasteiger partial charge in [0.1, 0.15) is 0 Å². The molecule has 0 aliphatic heterocycles. The van der Waals surface area contributed by atoms with Crippen molar-refractivity contribution in [2.75, 3.05) is 13.7 Å². The molecule has 0 radical (unpaired) electrons. The summed E-state index contributed by atoms with van der Waals surface area (Å²) >= 11 is 0. The smallest absolute Gasteiger partial charge is 0.223 e. The third kappa shape index (κ3) is 3.43. The van der Waals surface area contributed by atoms with E-state index in [2.05, 4.69) is 5.32 Å². The number of hydrogen-bond donors (Lipinski definition) is 2. The van der Waals surface area contributed by atoms with Gasteiger partial charge in [-0.05, 0) is 17.7 Å². The third-order valence-electron chi connectivity index (χ3n) is 2.60. The molecule has 0 saturated heterocycles. The fourth-order valence-corrected chi connectivity index (χ4v) is 1.47. The van der Waals surface area contributed by atoms with Gasteiger partial charge in [0.05, 0.1) is 19.8 Å². The summed E-state index contributed by atoms with van der Waals surface area (Å²) < 4.78 is 18.3. The topological polar surface area (TPSA) is 58.6 Å². The zero-order valence-corrected chi connectivity index (χ0v) is 10.7. The van der Waals surface area contributed by atoms with Crippen molar-refractivity contribution in [1.82, 2.24) is 5.32 Å². The second kappa shape index (κ2) is 6.35. The van der Waals surface area contributed by atoms with E-state index in [9.17, 15) is 14.3 Å². The molecular formula is C13H18FNO3. The van der Waals surface area contributed by atoms with Gasteiger partial charge in [0.15, 0.2) is 11.6 Å². The summed E-state index contributed by atoms with van der Waals surface area (Å²) in [4.78, 5) is 11.6. The Hall–Kier alpha value is -1.62. The van der Waals surface area contributed by atoms with Crippen LogP contribution in [-0.4, -0.2) is 24.7 Å². The van der Waals surface area contributed by atoms with Gasteiger partial charge in [-0.15, -0.1) is 0 Å². The highest BCUT2D eigenvalue weighted by Gasteiger charge is 2.17. The van der Waals surface area contributed by atoms with Crippen molar-refractivity contribution in [3.63, 3.8) is 0 Å². The first-order valence-corrected chi connectivity index (χ1v) is 5.74. The molecule has 0 saturated carbocycles. The summed E-state index contributed by atoms with van der Waals surface area (Å²) in [6.07, 6.45) is 0. The maximum Gasteiger partial charge on any atom is 0.223 e. The van der Waals surface area contributed by atoms with Gasteiger partial charge >= 0.3 is 0 Å². The minimum Gasteiger partial charge on any atom is -0.494 e. The molecule has 1 unspecified atom stereocenters. The van der Waals surface area contributed by atoms with Gasteiger partial charge in [-0.25, -0.2) is 4.39 Å². The molecule has 1 aromatic carbocycles. The van der Waals surface area contributed by atoms with E-state index >= 15 is 0 Å². The second-order valence-electron chi connectivity index (χ2n) is 4.29. The van der Waals surface area contributed by atoms with Crippen LogP contribution in [0.25, 0.3) is 0 Å². The summed E-state index contributed by atoms with van der Waals surface area (Å²) in [6.45, 7) is 3.21. The number of benzene rings is 1. The van der Waals surface area contributed by atoms with Crippen LogP contribution in [0.3, 0.4) is 0 Å². The minimum atomic E-state index is -0.611. The summed E-state index contributed by atoms with van der Waals surface area (Å²) in [7, 11) is 1.38. The number of hydrogen-bond acceptors (Lipinski definition) is 3. The lowest BCUT2D eigenvalue weighted by atomic mass is 10.1. The van der Waals surface area contributed by atoms with Crippen LogP contribution in [0.15, 0.2) is 18.2 Å². The minimum absolute atomic E-state index is 0.130. The molecule has 5 heteroatoms. The molecule has 1 amide bonds. The molecule has 2 N–H and O–H groups in total. The summed E-state index contributed by atoms with van der Waals surface area (Å²) in [5, 5.41) is 11.9. The van der Waals surface area contributed by atoms with Crippen LogP contribution in [0, 0.1) is 11.7 Å². The highest BCUT2D eigenvalue weighted by Crippen LogP contribution is 2.22. The quantitative estimate of drug-likeness (QED) is 0.841. The molecule has 0 aliphatic rings. The standard InChI is InChI=1S/C13H18FNO3/c1-8(2)13(17)15-11(7-16)9-4-5-12(18-3)10(14)6-9/h4-6,8,11,16H,7H2,1-3H3,(H,15,17). The number of ether oxygens (including phenoxy) is 1. The fourth-order valence-electron chi connectivity index (χ4n) is 1.47. The first kappa shape index (κ1) is 14.4. The number of carbonyl (C=O) groups excluding carboxylic acids is 1. The average molecular weight is 255 g/mol. The molecule has 1 atom stereocenters. The van der Waals surface area contributed by atoms with E-state index in [1.807, 2.05) is 0 Å². The van der Waals surface area contributed by atoms with Crippen LogP contribution in [0.5, 0.6) is 5.75 Å². The molecule has 100 valence electrons. The number of halogens is 1. The summed E-state index contributed by atoms with van der Waals surface area (Å²) in [5.74, 6) is -0.773. The number of rotatable bonds is 5. The summed E-state index contributed by atoms with van der Waals surface area (Å²) in [5.41, 5.74) is 0.504. The van der Waals surface area contributed by atoms with Crippen LogP contribution in [0.4, 0.5) is 4.39 Å². The van der Waals surface area contributed by atoms with Gasteiger partial charge in [-0.1, -0.05) is 19.9 Å². The second-order valence-corrected chi connectivity index (χ2v) is 4.29. The van der Waals surface area contributed by atoms with Gasteiger partial charge in [0.2, 0.25) is 5.91 Å². The van der Waals surface area contributed by atoms with Gasteiger partial charge in [-0.2, -0.15) is 0 Å². The van der Waals surface area contributed by atoms with Crippen LogP contribution in [-0.2, 0) is 4.79 Å². The first-order chi connectivity index (χ1) is 8.49.